The van der Waals surface area contributed by atoms with Gasteiger partial charge in [-0.2, -0.15) is 0 Å². The number of hydrogen-bond acceptors (Lipinski definition) is 2. The molecule has 220 valence electrons. The first-order valence-electron chi connectivity index (χ1n) is 16.0. The van der Waals surface area contributed by atoms with Gasteiger partial charge in [-0.15, -0.1) is 0 Å². The van der Waals surface area contributed by atoms with Crippen molar-refractivity contribution in [1.82, 2.24) is 0 Å². The van der Waals surface area contributed by atoms with E-state index in [1.807, 2.05) is 0 Å². The molecule has 1 saturated carbocycles. The lowest BCUT2D eigenvalue weighted by molar-refractivity contribution is -0.167. The van der Waals surface area contributed by atoms with E-state index < -0.39 is 22.8 Å². The molecule has 0 bridgehead atoms. The van der Waals surface area contributed by atoms with Crippen molar-refractivity contribution in [1.29, 1.82) is 0 Å². The molecular formula is C34H60O4. The van der Waals surface area contributed by atoms with Crippen LogP contribution in [0.2, 0.25) is 0 Å². The summed E-state index contributed by atoms with van der Waals surface area (Å²) >= 11 is 0. The van der Waals surface area contributed by atoms with Gasteiger partial charge in [0, 0.05) is 0 Å². The van der Waals surface area contributed by atoms with E-state index in [2.05, 4.69) is 27.7 Å². The molecule has 0 saturated heterocycles. The summed E-state index contributed by atoms with van der Waals surface area (Å²) in [5.41, 5.74) is -2.72. The maximum Gasteiger partial charge on any atom is 0.315 e. The second-order valence-electron chi connectivity index (χ2n) is 12.8. The molecule has 38 heavy (non-hydrogen) atoms. The second kappa shape index (κ2) is 19.5. The van der Waals surface area contributed by atoms with Crippen LogP contribution < -0.4 is 0 Å². The van der Waals surface area contributed by atoms with Crippen LogP contribution in [0.5, 0.6) is 0 Å². The molecule has 0 amide bonds. The predicted octanol–water partition coefficient (Wildman–Crippen LogP) is 10.4. The SMILES string of the molecule is C1CCCCC1.CC(C)CCCCCCCC1(C(=O)O)C=CC=CC1(CCCCCCCC(C)C)C(=O)O. The standard InChI is InChI=1S/C28H48O4.C6H12/c1-23(2)17-11-7-5-9-13-19-27(25(29)30)21-15-16-22-28(27,26(31)32)20-14-10-6-8-12-18-24(3)4;1-2-4-6-5-3-1/h15-16,21-24H,5-14,17-20H2,1-4H3,(H,29,30)(H,31,32);1-6H2. The van der Waals surface area contributed by atoms with Gasteiger partial charge in [0.05, 0.1) is 0 Å². The van der Waals surface area contributed by atoms with Gasteiger partial charge in [0.1, 0.15) is 10.8 Å². The molecule has 2 rings (SSSR count). The summed E-state index contributed by atoms with van der Waals surface area (Å²) in [5.74, 6) is -0.568. The van der Waals surface area contributed by atoms with Gasteiger partial charge in [0.2, 0.25) is 0 Å². The Bertz CT molecular complexity index is 638. The van der Waals surface area contributed by atoms with Gasteiger partial charge in [0.25, 0.3) is 0 Å². The van der Waals surface area contributed by atoms with E-state index in [0.717, 1.165) is 63.2 Å². The van der Waals surface area contributed by atoms with Gasteiger partial charge in [-0.1, -0.05) is 168 Å². The minimum Gasteiger partial charge on any atom is -0.481 e. The van der Waals surface area contributed by atoms with Crippen molar-refractivity contribution in [2.24, 2.45) is 22.7 Å². The number of allylic oxidation sites excluding steroid dienone is 2. The third kappa shape index (κ3) is 12.1. The van der Waals surface area contributed by atoms with Gasteiger partial charge in [-0.25, -0.2) is 0 Å². The molecule has 4 nitrogen and oxygen atoms in total. The van der Waals surface area contributed by atoms with Crippen molar-refractivity contribution >= 4 is 11.9 Å². The third-order valence-corrected chi connectivity index (χ3v) is 8.64. The summed E-state index contributed by atoms with van der Waals surface area (Å²) in [6.45, 7) is 8.93. The monoisotopic (exact) mass is 532 g/mol. The van der Waals surface area contributed by atoms with Crippen molar-refractivity contribution in [3.05, 3.63) is 24.3 Å². The zero-order valence-electron chi connectivity index (χ0n) is 25.3. The highest BCUT2D eigenvalue weighted by atomic mass is 16.4. The van der Waals surface area contributed by atoms with Crippen LogP contribution in [-0.4, -0.2) is 22.2 Å². The molecule has 0 aliphatic heterocycles. The Balaban J connectivity index is 0.00000105. The van der Waals surface area contributed by atoms with Gasteiger partial charge in [0.15, 0.2) is 0 Å². The lowest BCUT2D eigenvalue weighted by Gasteiger charge is -2.43. The quantitative estimate of drug-likeness (QED) is 0.172. The van der Waals surface area contributed by atoms with E-state index in [0.29, 0.717) is 12.8 Å². The number of carbonyl (C=O) groups is 2. The van der Waals surface area contributed by atoms with Gasteiger partial charge in [-0.05, 0) is 24.7 Å². The number of unbranched alkanes of at least 4 members (excludes halogenated alkanes) is 8. The molecule has 2 N–H and O–H groups in total. The van der Waals surface area contributed by atoms with Crippen molar-refractivity contribution in [2.75, 3.05) is 0 Å². The zero-order chi connectivity index (χ0) is 28.3. The highest BCUT2D eigenvalue weighted by Gasteiger charge is 2.58. The van der Waals surface area contributed by atoms with E-state index in [1.54, 1.807) is 24.3 Å². The summed E-state index contributed by atoms with van der Waals surface area (Å²) in [7, 11) is 0. The molecule has 4 heteroatoms. The highest BCUT2D eigenvalue weighted by Crippen LogP contribution is 2.52. The second-order valence-corrected chi connectivity index (χ2v) is 12.8. The predicted molar refractivity (Wildman–Crippen MR) is 160 cm³/mol. The topological polar surface area (TPSA) is 74.6 Å². The average molecular weight is 533 g/mol. The van der Waals surface area contributed by atoms with Crippen LogP contribution in [0.25, 0.3) is 0 Å². The Morgan fingerprint density at radius 1 is 0.553 bits per heavy atom. The first-order chi connectivity index (χ1) is 18.2. The summed E-state index contributed by atoms with van der Waals surface area (Å²) in [5, 5.41) is 20.5. The highest BCUT2D eigenvalue weighted by molar-refractivity contribution is 5.90. The first-order valence-corrected chi connectivity index (χ1v) is 16.0. The number of carboxylic acids is 2. The normalized spacial score (nSPS) is 22.9. The summed E-state index contributed by atoms with van der Waals surface area (Å²) in [6, 6.07) is 0. The average Bonchev–Trinajstić information content (AvgIpc) is 2.89. The summed E-state index contributed by atoms with van der Waals surface area (Å²) < 4.78 is 0. The van der Waals surface area contributed by atoms with Crippen LogP contribution in [0.1, 0.15) is 156 Å². The fourth-order valence-corrected chi connectivity index (χ4v) is 6.12. The van der Waals surface area contributed by atoms with E-state index in [9.17, 15) is 19.8 Å². The number of carboxylic acid groups (broad SMARTS) is 2. The van der Waals surface area contributed by atoms with Gasteiger partial charge >= 0.3 is 11.9 Å². The Kier molecular flexibility index (Phi) is 17.7. The molecule has 0 aromatic rings. The van der Waals surface area contributed by atoms with Crippen LogP contribution in [0, 0.1) is 22.7 Å². The van der Waals surface area contributed by atoms with Crippen molar-refractivity contribution in [3.63, 3.8) is 0 Å². The maximum absolute atomic E-state index is 12.5. The molecule has 1 fully saturated rings. The molecule has 0 aromatic carbocycles. The largest absolute Gasteiger partial charge is 0.481 e. The minimum atomic E-state index is -1.36. The molecule has 2 aliphatic rings. The molecule has 0 aromatic heterocycles. The lowest BCUT2D eigenvalue weighted by Crippen LogP contribution is -2.51. The Morgan fingerprint density at radius 2 is 0.842 bits per heavy atom. The van der Waals surface area contributed by atoms with Crippen LogP contribution in [0.4, 0.5) is 0 Å². The van der Waals surface area contributed by atoms with E-state index in [1.165, 1.54) is 64.2 Å². The minimum absolute atomic E-state index is 0.383. The molecule has 0 radical (unpaired) electrons. The first kappa shape index (κ1) is 34.4. The zero-order valence-corrected chi connectivity index (χ0v) is 25.3. The number of rotatable bonds is 18. The molecule has 0 spiro atoms. The molecular weight excluding hydrogens is 472 g/mol. The van der Waals surface area contributed by atoms with Crippen LogP contribution in [0.3, 0.4) is 0 Å². The summed E-state index contributed by atoms with van der Waals surface area (Å²) in [4.78, 5) is 25.1. The molecule has 0 heterocycles. The fraction of sp³-hybridized carbons (Fsp3) is 0.824. The van der Waals surface area contributed by atoms with Crippen LogP contribution in [0.15, 0.2) is 24.3 Å². The maximum atomic E-state index is 12.5. The van der Waals surface area contributed by atoms with E-state index in [-0.39, 0.29) is 0 Å². The van der Waals surface area contributed by atoms with Crippen molar-refractivity contribution in [3.8, 4) is 0 Å². The number of hydrogen-bond donors (Lipinski definition) is 2. The smallest absolute Gasteiger partial charge is 0.315 e. The Hall–Kier alpha value is -1.58. The number of aliphatic carboxylic acids is 2. The van der Waals surface area contributed by atoms with E-state index >= 15 is 0 Å². The Labute approximate surface area is 234 Å². The van der Waals surface area contributed by atoms with Gasteiger partial charge in [-0.3, -0.25) is 9.59 Å². The molecule has 2 unspecified atom stereocenters. The van der Waals surface area contributed by atoms with Crippen LogP contribution in [-0.2, 0) is 9.59 Å². The third-order valence-electron chi connectivity index (χ3n) is 8.64. The fourth-order valence-electron chi connectivity index (χ4n) is 6.12. The lowest BCUT2D eigenvalue weighted by atomic mass is 9.57. The molecule has 2 aliphatic carbocycles. The van der Waals surface area contributed by atoms with Gasteiger partial charge < -0.3 is 10.2 Å². The van der Waals surface area contributed by atoms with Crippen molar-refractivity contribution in [2.45, 2.75) is 156 Å². The Morgan fingerprint density at radius 3 is 1.13 bits per heavy atom. The molecule has 2 atom stereocenters. The van der Waals surface area contributed by atoms with Crippen LogP contribution >= 0.6 is 0 Å². The summed E-state index contributed by atoms with van der Waals surface area (Å²) in [6.07, 6.45) is 29.3. The van der Waals surface area contributed by atoms with E-state index in [4.69, 9.17) is 0 Å². The van der Waals surface area contributed by atoms with Crippen molar-refractivity contribution < 1.29 is 19.8 Å².